The Morgan fingerprint density at radius 2 is 1.86 bits per heavy atom. The third-order valence-electron chi connectivity index (χ3n) is 3.62. The molecular weight excluding hydrogens is 286 g/mol. The van der Waals surface area contributed by atoms with Crippen molar-refractivity contribution in [2.24, 2.45) is 7.05 Å². The number of hydrogen-bond donors (Lipinski definition) is 1. The number of hydrogen-bond acceptors (Lipinski definition) is 3. The molecule has 1 atom stereocenters. The number of benzene rings is 1. The van der Waals surface area contributed by atoms with Crippen LogP contribution in [0.2, 0.25) is 0 Å². The van der Waals surface area contributed by atoms with Gasteiger partial charge in [0.1, 0.15) is 4.90 Å². The first-order valence-corrected chi connectivity index (χ1v) is 8.29. The van der Waals surface area contributed by atoms with E-state index in [9.17, 15) is 8.42 Å². The molecule has 1 aromatic carbocycles. The summed E-state index contributed by atoms with van der Waals surface area (Å²) in [5.74, 6) is 0. The van der Waals surface area contributed by atoms with E-state index < -0.39 is 10.0 Å². The Morgan fingerprint density at radius 3 is 2.38 bits per heavy atom. The molecule has 0 aliphatic rings. The SMILES string of the molecule is Cc1ccc(C(C)NS(=O)(=O)c2cn(C)nc2C)cc1C. The fourth-order valence-corrected chi connectivity index (χ4v) is 3.69. The minimum Gasteiger partial charge on any atom is -0.274 e. The Morgan fingerprint density at radius 1 is 1.19 bits per heavy atom. The zero-order chi connectivity index (χ0) is 15.8. The maximum atomic E-state index is 12.4. The Bertz CT molecular complexity index is 763. The summed E-state index contributed by atoms with van der Waals surface area (Å²) in [6.45, 7) is 7.58. The molecule has 0 fully saturated rings. The van der Waals surface area contributed by atoms with Gasteiger partial charge in [0.25, 0.3) is 0 Å². The lowest BCUT2D eigenvalue weighted by molar-refractivity contribution is 0.566. The number of nitrogens with one attached hydrogen (secondary N) is 1. The van der Waals surface area contributed by atoms with Crippen LogP contribution in [0.15, 0.2) is 29.3 Å². The van der Waals surface area contributed by atoms with E-state index in [1.54, 1.807) is 14.0 Å². The van der Waals surface area contributed by atoms with Crippen molar-refractivity contribution < 1.29 is 8.42 Å². The van der Waals surface area contributed by atoms with E-state index in [4.69, 9.17) is 0 Å². The summed E-state index contributed by atoms with van der Waals surface area (Å²) in [4.78, 5) is 0.223. The van der Waals surface area contributed by atoms with Gasteiger partial charge in [0.2, 0.25) is 10.0 Å². The molecule has 0 spiro atoms. The molecular formula is C15H21N3O2S. The molecule has 0 aliphatic heterocycles. The normalized spacial score (nSPS) is 13.4. The van der Waals surface area contributed by atoms with Crippen molar-refractivity contribution in [2.45, 2.75) is 38.6 Å². The van der Waals surface area contributed by atoms with Gasteiger partial charge in [-0.2, -0.15) is 5.10 Å². The highest BCUT2D eigenvalue weighted by Gasteiger charge is 2.22. The van der Waals surface area contributed by atoms with Gasteiger partial charge in [0, 0.05) is 19.3 Å². The molecule has 1 heterocycles. The van der Waals surface area contributed by atoms with Crippen molar-refractivity contribution >= 4 is 10.0 Å². The molecule has 0 aliphatic carbocycles. The Balaban J connectivity index is 2.27. The van der Waals surface area contributed by atoms with Crippen LogP contribution >= 0.6 is 0 Å². The largest absolute Gasteiger partial charge is 0.274 e. The van der Waals surface area contributed by atoms with Crippen LogP contribution in [0.25, 0.3) is 0 Å². The van der Waals surface area contributed by atoms with Gasteiger partial charge in [-0.05, 0) is 44.4 Å². The molecule has 1 aromatic heterocycles. The monoisotopic (exact) mass is 307 g/mol. The standard InChI is InChI=1S/C15H21N3O2S/c1-10-6-7-14(8-11(10)2)12(3)17-21(19,20)15-9-18(5)16-13(15)4/h6-9,12,17H,1-5H3. The molecule has 0 bridgehead atoms. The van der Waals surface area contributed by atoms with Gasteiger partial charge in [0.05, 0.1) is 5.69 Å². The minimum atomic E-state index is -3.57. The van der Waals surface area contributed by atoms with Crippen LogP contribution < -0.4 is 4.72 Å². The lowest BCUT2D eigenvalue weighted by Gasteiger charge is -2.15. The van der Waals surface area contributed by atoms with Crippen LogP contribution in [0.5, 0.6) is 0 Å². The molecule has 114 valence electrons. The summed E-state index contributed by atoms with van der Waals surface area (Å²) in [6, 6.07) is 5.67. The number of sulfonamides is 1. The fraction of sp³-hybridized carbons (Fsp3) is 0.400. The maximum Gasteiger partial charge on any atom is 0.244 e. The zero-order valence-corrected chi connectivity index (χ0v) is 13.8. The molecule has 0 amide bonds. The molecule has 0 radical (unpaired) electrons. The van der Waals surface area contributed by atoms with Gasteiger partial charge in [-0.1, -0.05) is 18.2 Å². The van der Waals surface area contributed by atoms with Gasteiger partial charge in [-0.25, -0.2) is 13.1 Å². The highest BCUT2D eigenvalue weighted by atomic mass is 32.2. The van der Waals surface area contributed by atoms with E-state index >= 15 is 0 Å². The molecule has 6 heteroatoms. The Labute approximate surface area is 126 Å². The average Bonchev–Trinajstić information content (AvgIpc) is 2.72. The van der Waals surface area contributed by atoms with Gasteiger partial charge < -0.3 is 0 Å². The Hall–Kier alpha value is -1.66. The molecule has 0 saturated carbocycles. The van der Waals surface area contributed by atoms with Crippen molar-refractivity contribution in [1.29, 1.82) is 0 Å². The van der Waals surface area contributed by atoms with E-state index in [1.807, 2.05) is 39.0 Å². The second-order valence-electron chi connectivity index (χ2n) is 5.44. The summed E-state index contributed by atoms with van der Waals surface area (Å²) in [6.07, 6.45) is 1.52. The van der Waals surface area contributed by atoms with Crippen molar-refractivity contribution in [3.8, 4) is 0 Å². The quantitative estimate of drug-likeness (QED) is 0.943. The average molecular weight is 307 g/mol. The number of aromatic nitrogens is 2. The molecule has 1 unspecified atom stereocenters. The van der Waals surface area contributed by atoms with Crippen molar-refractivity contribution in [1.82, 2.24) is 14.5 Å². The van der Waals surface area contributed by atoms with Crippen molar-refractivity contribution in [3.63, 3.8) is 0 Å². The number of aryl methyl sites for hydroxylation is 4. The number of rotatable bonds is 4. The van der Waals surface area contributed by atoms with Crippen LogP contribution in [-0.2, 0) is 17.1 Å². The lowest BCUT2D eigenvalue weighted by atomic mass is 10.0. The first-order valence-electron chi connectivity index (χ1n) is 6.80. The lowest BCUT2D eigenvalue weighted by Crippen LogP contribution is -2.27. The molecule has 21 heavy (non-hydrogen) atoms. The summed E-state index contributed by atoms with van der Waals surface area (Å²) >= 11 is 0. The molecule has 2 rings (SSSR count). The summed E-state index contributed by atoms with van der Waals surface area (Å²) in [7, 11) is -1.87. The topological polar surface area (TPSA) is 64.0 Å². The smallest absolute Gasteiger partial charge is 0.244 e. The molecule has 0 saturated heterocycles. The van der Waals surface area contributed by atoms with Crippen molar-refractivity contribution in [2.75, 3.05) is 0 Å². The van der Waals surface area contributed by atoms with E-state index in [2.05, 4.69) is 9.82 Å². The Kier molecular flexibility index (Phi) is 4.20. The summed E-state index contributed by atoms with van der Waals surface area (Å²) < 4.78 is 29.1. The summed E-state index contributed by atoms with van der Waals surface area (Å²) in [5.41, 5.74) is 3.79. The number of nitrogens with zero attached hydrogens (tertiary/aromatic N) is 2. The maximum absolute atomic E-state index is 12.4. The predicted octanol–water partition coefficient (Wildman–Crippen LogP) is 2.38. The van der Waals surface area contributed by atoms with Gasteiger partial charge >= 0.3 is 0 Å². The predicted molar refractivity (Wildman–Crippen MR) is 82.6 cm³/mol. The van der Waals surface area contributed by atoms with Crippen LogP contribution in [0.3, 0.4) is 0 Å². The van der Waals surface area contributed by atoms with E-state index in [1.165, 1.54) is 16.4 Å². The highest BCUT2D eigenvalue weighted by molar-refractivity contribution is 7.89. The van der Waals surface area contributed by atoms with E-state index in [0.29, 0.717) is 5.69 Å². The van der Waals surface area contributed by atoms with E-state index in [-0.39, 0.29) is 10.9 Å². The molecule has 2 aromatic rings. The first kappa shape index (κ1) is 15.7. The molecule has 1 N–H and O–H groups in total. The van der Waals surface area contributed by atoms with E-state index in [0.717, 1.165) is 11.1 Å². The van der Waals surface area contributed by atoms with Crippen LogP contribution in [0.1, 0.15) is 35.3 Å². The van der Waals surface area contributed by atoms with Gasteiger partial charge in [0.15, 0.2) is 0 Å². The fourth-order valence-electron chi connectivity index (χ4n) is 2.24. The van der Waals surface area contributed by atoms with Gasteiger partial charge in [-0.3, -0.25) is 4.68 Å². The van der Waals surface area contributed by atoms with Crippen LogP contribution in [0.4, 0.5) is 0 Å². The minimum absolute atomic E-state index is 0.223. The summed E-state index contributed by atoms with van der Waals surface area (Å²) in [5, 5.41) is 4.08. The second kappa shape index (κ2) is 5.61. The highest BCUT2D eigenvalue weighted by Crippen LogP contribution is 2.20. The second-order valence-corrected chi connectivity index (χ2v) is 7.12. The molecule has 5 nitrogen and oxygen atoms in total. The third-order valence-corrected chi connectivity index (χ3v) is 5.26. The first-order chi connectivity index (χ1) is 9.70. The van der Waals surface area contributed by atoms with Crippen molar-refractivity contribution in [3.05, 3.63) is 46.8 Å². The third kappa shape index (κ3) is 3.33. The van der Waals surface area contributed by atoms with Crippen LogP contribution in [-0.4, -0.2) is 18.2 Å². The van der Waals surface area contributed by atoms with Crippen LogP contribution in [0, 0.1) is 20.8 Å². The zero-order valence-electron chi connectivity index (χ0n) is 13.0. The van der Waals surface area contributed by atoms with Gasteiger partial charge in [-0.15, -0.1) is 0 Å².